The van der Waals surface area contributed by atoms with Gasteiger partial charge in [0.25, 0.3) is 0 Å². The van der Waals surface area contributed by atoms with Crippen LogP contribution in [0.2, 0.25) is 0 Å². The van der Waals surface area contributed by atoms with E-state index in [1.165, 1.54) is 39.1 Å². The highest BCUT2D eigenvalue weighted by molar-refractivity contribution is 5.88. The van der Waals surface area contributed by atoms with E-state index in [1.807, 2.05) is 29.2 Å². The van der Waals surface area contributed by atoms with E-state index in [9.17, 15) is 0 Å². The molecule has 3 heterocycles. The van der Waals surface area contributed by atoms with Gasteiger partial charge in [-0.3, -0.25) is 4.98 Å². The van der Waals surface area contributed by atoms with Crippen molar-refractivity contribution < 1.29 is 0 Å². The van der Waals surface area contributed by atoms with Crippen molar-refractivity contribution in [3.05, 3.63) is 157 Å². The van der Waals surface area contributed by atoms with E-state index in [-0.39, 0.29) is 6.04 Å². The third kappa shape index (κ3) is 5.25. The second-order valence-electron chi connectivity index (χ2n) is 11.3. The van der Waals surface area contributed by atoms with Crippen molar-refractivity contribution in [2.24, 2.45) is 0 Å². The normalized spacial score (nSPS) is 11.9. The van der Waals surface area contributed by atoms with Gasteiger partial charge in [-0.1, -0.05) is 107 Å². The van der Waals surface area contributed by atoms with Crippen LogP contribution < -0.4 is 0 Å². The first kappa shape index (κ1) is 27.3. The zero-order valence-electron chi connectivity index (χ0n) is 25.1. The molecule has 0 aliphatic heterocycles. The van der Waals surface area contributed by atoms with E-state index in [4.69, 9.17) is 0 Å². The number of aryl methyl sites for hydroxylation is 2. The first-order chi connectivity index (χ1) is 21.5. The number of hydrogen-bond acceptors (Lipinski definition) is 3. The maximum atomic E-state index is 4.44. The van der Waals surface area contributed by atoms with Crippen LogP contribution >= 0.6 is 0 Å². The lowest BCUT2D eigenvalue weighted by molar-refractivity contribution is 0.543. The average Bonchev–Trinajstić information content (AvgIpc) is 3.73. The Labute approximate surface area is 258 Å². The van der Waals surface area contributed by atoms with Crippen LogP contribution in [0.15, 0.2) is 140 Å². The molecule has 214 valence electrons. The van der Waals surface area contributed by atoms with Gasteiger partial charge in [-0.05, 0) is 73.4 Å². The second-order valence-corrected chi connectivity index (χ2v) is 11.3. The van der Waals surface area contributed by atoms with Gasteiger partial charge in [0.05, 0.1) is 23.6 Å². The molecule has 0 saturated heterocycles. The molecule has 44 heavy (non-hydrogen) atoms. The van der Waals surface area contributed by atoms with Crippen molar-refractivity contribution in [3.63, 3.8) is 0 Å². The third-order valence-corrected chi connectivity index (χ3v) is 8.26. The molecule has 0 N–H and O–H groups in total. The van der Waals surface area contributed by atoms with Crippen LogP contribution in [0.4, 0.5) is 0 Å². The predicted octanol–water partition coefficient (Wildman–Crippen LogP) is 9.36. The molecule has 0 saturated carbocycles. The molecule has 0 aliphatic carbocycles. The number of rotatable bonds is 7. The van der Waals surface area contributed by atoms with Gasteiger partial charge in [-0.15, -0.1) is 5.10 Å². The summed E-state index contributed by atoms with van der Waals surface area (Å²) in [6.45, 7) is 6.41. The van der Waals surface area contributed by atoms with Crippen LogP contribution in [0.1, 0.15) is 29.7 Å². The zero-order valence-corrected chi connectivity index (χ0v) is 25.1. The summed E-state index contributed by atoms with van der Waals surface area (Å²) < 4.78 is 4.32. The van der Waals surface area contributed by atoms with Crippen LogP contribution in [0, 0.1) is 13.8 Å². The minimum atomic E-state index is 0.0136. The molecule has 4 aromatic carbocycles. The van der Waals surface area contributed by atoms with Gasteiger partial charge < -0.3 is 4.57 Å². The quantitative estimate of drug-likeness (QED) is 0.191. The molecule has 1 unspecified atom stereocenters. The van der Waals surface area contributed by atoms with E-state index in [0.717, 1.165) is 28.2 Å². The third-order valence-electron chi connectivity index (χ3n) is 8.26. The van der Waals surface area contributed by atoms with Crippen molar-refractivity contribution in [1.29, 1.82) is 0 Å². The second kappa shape index (κ2) is 11.6. The fourth-order valence-electron chi connectivity index (χ4n) is 5.72. The van der Waals surface area contributed by atoms with Crippen LogP contribution in [0.3, 0.4) is 0 Å². The molecule has 0 spiro atoms. The summed E-state index contributed by atoms with van der Waals surface area (Å²) in [5.74, 6) is 0. The van der Waals surface area contributed by atoms with Gasteiger partial charge in [0.1, 0.15) is 5.69 Å². The maximum absolute atomic E-state index is 4.44. The van der Waals surface area contributed by atoms with Crippen molar-refractivity contribution in [2.45, 2.75) is 26.8 Å². The van der Waals surface area contributed by atoms with Gasteiger partial charge in [0.15, 0.2) is 0 Å². The Bertz CT molecular complexity index is 2000. The lowest BCUT2D eigenvalue weighted by Gasteiger charge is -2.18. The smallest absolute Gasteiger partial charge is 0.114 e. The summed E-state index contributed by atoms with van der Waals surface area (Å²) in [5, 5.41) is 8.84. The van der Waals surface area contributed by atoms with Crippen LogP contribution in [-0.2, 0) is 0 Å². The van der Waals surface area contributed by atoms with E-state index in [1.54, 1.807) is 6.20 Å². The number of aromatic nitrogens is 5. The molecule has 7 rings (SSSR count). The Morgan fingerprint density at radius 3 is 1.95 bits per heavy atom. The molecular weight excluding hydrogens is 538 g/mol. The Hall–Kier alpha value is -5.55. The van der Waals surface area contributed by atoms with E-state index in [0.29, 0.717) is 0 Å². The Kier molecular flexibility index (Phi) is 7.20. The highest BCUT2D eigenvalue weighted by Crippen LogP contribution is 2.41. The van der Waals surface area contributed by atoms with Crippen molar-refractivity contribution >= 4 is 0 Å². The molecule has 7 aromatic rings. The van der Waals surface area contributed by atoms with Crippen molar-refractivity contribution in [1.82, 2.24) is 24.5 Å². The van der Waals surface area contributed by atoms with Crippen molar-refractivity contribution in [3.8, 4) is 50.6 Å². The van der Waals surface area contributed by atoms with Gasteiger partial charge in [0, 0.05) is 29.2 Å². The standard InChI is InChI=1S/C39H33N5/c1-27-11-15-32(16-12-27)38-24-36(31-8-5-4-6-9-31)39(33-17-13-28(2)14-18-33)44(38)35-21-19-30(20-22-35)29(3)43-26-37(41-42-43)34-10-7-23-40-25-34/h4-26,29H,1-3H3. The zero-order chi connectivity index (χ0) is 30.0. The molecule has 5 nitrogen and oxygen atoms in total. The first-order valence-electron chi connectivity index (χ1n) is 14.9. The van der Waals surface area contributed by atoms with E-state index >= 15 is 0 Å². The minimum Gasteiger partial charge on any atom is -0.309 e. The molecule has 3 aromatic heterocycles. The molecule has 0 bridgehead atoms. The fraction of sp³-hybridized carbons (Fsp3) is 0.103. The highest BCUT2D eigenvalue weighted by atomic mass is 15.4. The number of hydrogen-bond donors (Lipinski definition) is 0. The largest absolute Gasteiger partial charge is 0.309 e. The van der Waals surface area contributed by atoms with Gasteiger partial charge in [0.2, 0.25) is 0 Å². The molecule has 0 amide bonds. The number of nitrogens with zero attached hydrogens (tertiary/aromatic N) is 5. The van der Waals surface area contributed by atoms with Crippen LogP contribution in [0.5, 0.6) is 0 Å². The Morgan fingerprint density at radius 2 is 1.30 bits per heavy atom. The highest BCUT2D eigenvalue weighted by Gasteiger charge is 2.21. The number of pyridine rings is 1. The molecule has 0 aliphatic rings. The molecule has 0 fully saturated rings. The lowest BCUT2D eigenvalue weighted by atomic mass is 10.00. The molecular formula is C39H33N5. The summed E-state index contributed by atoms with van der Waals surface area (Å²) >= 11 is 0. The average molecular weight is 572 g/mol. The molecule has 5 heteroatoms. The predicted molar refractivity (Wildman–Crippen MR) is 179 cm³/mol. The SMILES string of the molecule is Cc1ccc(-c2cc(-c3ccccc3)c(-c3ccc(C)cc3)n2-c2ccc(C(C)n3cc(-c4cccnc4)nn3)cc2)cc1. The Morgan fingerprint density at radius 1 is 0.636 bits per heavy atom. The van der Waals surface area contributed by atoms with Crippen LogP contribution in [0.25, 0.3) is 50.6 Å². The fourth-order valence-corrected chi connectivity index (χ4v) is 5.72. The summed E-state index contributed by atoms with van der Waals surface area (Å²) in [6, 6.07) is 43.4. The summed E-state index contributed by atoms with van der Waals surface area (Å²) in [4.78, 5) is 4.22. The van der Waals surface area contributed by atoms with Gasteiger partial charge in [-0.2, -0.15) is 0 Å². The molecule has 1 atom stereocenters. The summed E-state index contributed by atoms with van der Waals surface area (Å²) in [6.07, 6.45) is 5.56. The minimum absolute atomic E-state index is 0.0136. The first-order valence-corrected chi connectivity index (χ1v) is 14.9. The van der Waals surface area contributed by atoms with Crippen molar-refractivity contribution in [2.75, 3.05) is 0 Å². The topological polar surface area (TPSA) is 48.5 Å². The lowest BCUT2D eigenvalue weighted by Crippen LogP contribution is -2.08. The summed E-state index contributed by atoms with van der Waals surface area (Å²) in [7, 11) is 0. The van der Waals surface area contributed by atoms with Crippen LogP contribution in [-0.4, -0.2) is 24.5 Å². The number of benzene rings is 4. The van der Waals surface area contributed by atoms with E-state index in [2.05, 4.69) is 150 Å². The molecule has 0 radical (unpaired) electrons. The Balaban J connectivity index is 1.35. The maximum Gasteiger partial charge on any atom is 0.114 e. The summed E-state index contributed by atoms with van der Waals surface area (Å²) in [5.41, 5.74) is 13.6. The van der Waals surface area contributed by atoms with E-state index < -0.39 is 0 Å². The monoisotopic (exact) mass is 571 g/mol. The van der Waals surface area contributed by atoms with Gasteiger partial charge >= 0.3 is 0 Å². The van der Waals surface area contributed by atoms with Gasteiger partial charge in [-0.25, -0.2) is 4.68 Å².